The first kappa shape index (κ1) is 25.0. The van der Waals surface area contributed by atoms with Gasteiger partial charge < -0.3 is 0 Å². The van der Waals surface area contributed by atoms with E-state index in [-0.39, 0.29) is 0 Å². The number of rotatable bonds is 2. The Labute approximate surface area is 270 Å². The molecule has 47 heavy (non-hydrogen) atoms. The molecule has 0 unspecified atom stereocenters. The van der Waals surface area contributed by atoms with E-state index in [4.69, 9.17) is 4.98 Å². The quantitative estimate of drug-likeness (QED) is 0.144. The molecule has 0 atom stereocenters. The second kappa shape index (κ2) is 9.15. The molecule has 0 radical (unpaired) electrons. The van der Waals surface area contributed by atoms with Crippen LogP contribution < -0.4 is 0 Å². The highest BCUT2D eigenvalue weighted by Crippen LogP contribution is 2.43. The molecule has 0 N–H and O–H groups in total. The molecule has 11 rings (SSSR count). The van der Waals surface area contributed by atoms with Gasteiger partial charge in [-0.25, -0.2) is 4.98 Å². The van der Waals surface area contributed by atoms with Crippen LogP contribution in [0.2, 0.25) is 0 Å². The Hall–Kier alpha value is -6.25. The van der Waals surface area contributed by atoms with Crippen LogP contribution in [-0.4, -0.2) is 9.38 Å². The highest BCUT2D eigenvalue weighted by atomic mass is 15.0. The van der Waals surface area contributed by atoms with Gasteiger partial charge in [-0.2, -0.15) is 0 Å². The average molecular weight is 595 g/mol. The van der Waals surface area contributed by atoms with Gasteiger partial charge in [0.15, 0.2) is 0 Å². The molecule has 0 saturated carbocycles. The second-order valence-corrected chi connectivity index (χ2v) is 12.7. The van der Waals surface area contributed by atoms with Crippen molar-refractivity contribution in [3.63, 3.8) is 0 Å². The molecule has 0 spiro atoms. The molecule has 2 aromatic heterocycles. The van der Waals surface area contributed by atoms with Crippen LogP contribution in [0.1, 0.15) is 0 Å². The van der Waals surface area contributed by atoms with E-state index >= 15 is 0 Å². The zero-order valence-electron chi connectivity index (χ0n) is 25.4. The van der Waals surface area contributed by atoms with Crippen molar-refractivity contribution in [2.75, 3.05) is 0 Å². The minimum atomic E-state index is 1.00. The largest absolute Gasteiger partial charge is 0.292 e. The highest BCUT2D eigenvalue weighted by Gasteiger charge is 2.17. The van der Waals surface area contributed by atoms with Gasteiger partial charge in [0, 0.05) is 10.8 Å². The molecule has 2 nitrogen and oxygen atoms in total. The standard InChI is InChI=1S/C45H26N2/c1-3-19-41-32(13-1)39-26-29(21-22-38(39)45-46-40-18-2-4-20-42(40)47(41)45)28-11-5-12-30(25-28)31-23-24-37-35-15-7-10-27-9-6-14-34(43(27)35)36-17-8-16-33(31)44(36)37/h1-26H. The lowest BCUT2D eigenvalue weighted by Crippen LogP contribution is -1.92. The number of aromatic nitrogens is 2. The van der Waals surface area contributed by atoms with E-state index in [1.165, 1.54) is 87.0 Å². The Bertz CT molecular complexity index is 3020. The third kappa shape index (κ3) is 3.36. The van der Waals surface area contributed by atoms with Crippen LogP contribution in [-0.2, 0) is 0 Å². The molecule has 0 amide bonds. The van der Waals surface area contributed by atoms with Crippen LogP contribution in [0.5, 0.6) is 0 Å². The molecule has 9 aromatic carbocycles. The molecular weight excluding hydrogens is 569 g/mol. The zero-order valence-corrected chi connectivity index (χ0v) is 25.4. The predicted molar refractivity (Wildman–Crippen MR) is 200 cm³/mol. The van der Waals surface area contributed by atoms with Crippen LogP contribution in [0, 0.1) is 0 Å². The minimum absolute atomic E-state index is 1.00. The van der Waals surface area contributed by atoms with Crippen LogP contribution in [0.25, 0.3) is 104 Å². The molecule has 0 fully saturated rings. The predicted octanol–water partition coefficient (Wildman–Crippen LogP) is 12.2. The van der Waals surface area contributed by atoms with Crippen molar-refractivity contribution in [3.8, 4) is 22.3 Å². The Morgan fingerprint density at radius 2 is 0.979 bits per heavy atom. The van der Waals surface area contributed by atoms with Gasteiger partial charge in [-0.05, 0) is 107 Å². The molecule has 11 aromatic rings. The first-order chi connectivity index (χ1) is 23.3. The Balaban J connectivity index is 1.13. The molecule has 0 saturated heterocycles. The van der Waals surface area contributed by atoms with Crippen LogP contribution in [0.4, 0.5) is 0 Å². The average Bonchev–Trinajstić information content (AvgIpc) is 3.54. The minimum Gasteiger partial charge on any atom is -0.292 e. The number of hydrogen-bond acceptors (Lipinski definition) is 1. The summed E-state index contributed by atoms with van der Waals surface area (Å²) in [5.41, 5.74) is 9.23. The lowest BCUT2D eigenvalue weighted by atomic mass is 9.87. The fourth-order valence-electron chi connectivity index (χ4n) is 8.25. The van der Waals surface area contributed by atoms with Crippen molar-refractivity contribution in [2.45, 2.75) is 0 Å². The topological polar surface area (TPSA) is 17.3 Å². The van der Waals surface area contributed by atoms with Crippen molar-refractivity contribution >= 4 is 81.4 Å². The lowest BCUT2D eigenvalue weighted by molar-refractivity contribution is 1.31. The summed E-state index contributed by atoms with van der Waals surface area (Å²) in [6.45, 7) is 0. The summed E-state index contributed by atoms with van der Waals surface area (Å²) >= 11 is 0. The number of pyridine rings is 1. The Morgan fingerprint density at radius 3 is 1.85 bits per heavy atom. The normalized spacial score (nSPS) is 12.3. The Kier molecular flexibility index (Phi) is 4.87. The molecule has 2 heteroatoms. The zero-order chi connectivity index (χ0) is 30.6. The number of benzene rings is 9. The fourth-order valence-corrected chi connectivity index (χ4v) is 8.25. The molecule has 0 aliphatic heterocycles. The number of nitrogens with zero attached hydrogens (tertiary/aromatic N) is 2. The summed E-state index contributed by atoms with van der Waals surface area (Å²) in [4.78, 5) is 5.09. The maximum atomic E-state index is 5.09. The number of para-hydroxylation sites is 3. The molecule has 2 heterocycles. The first-order valence-electron chi connectivity index (χ1n) is 16.2. The van der Waals surface area contributed by atoms with E-state index in [0.717, 1.165) is 16.7 Å². The van der Waals surface area contributed by atoms with Gasteiger partial charge in [-0.15, -0.1) is 0 Å². The van der Waals surface area contributed by atoms with E-state index in [1.807, 2.05) is 0 Å². The monoisotopic (exact) mass is 594 g/mol. The number of fused-ring (bicyclic) bond motifs is 10. The third-order valence-corrected chi connectivity index (χ3v) is 10.3. The molecule has 0 aliphatic rings. The van der Waals surface area contributed by atoms with Gasteiger partial charge in [0.25, 0.3) is 0 Å². The highest BCUT2D eigenvalue weighted by molar-refractivity contribution is 6.34. The molecular formula is C45H26N2. The van der Waals surface area contributed by atoms with Crippen molar-refractivity contribution in [1.29, 1.82) is 0 Å². The smallest absolute Gasteiger partial charge is 0.146 e. The fraction of sp³-hybridized carbons (Fsp3) is 0. The van der Waals surface area contributed by atoms with Gasteiger partial charge in [-0.3, -0.25) is 4.40 Å². The second-order valence-electron chi connectivity index (χ2n) is 12.7. The van der Waals surface area contributed by atoms with E-state index in [9.17, 15) is 0 Å². The summed E-state index contributed by atoms with van der Waals surface area (Å²) in [5, 5.41) is 14.2. The van der Waals surface area contributed by atoms with Crippen LogP contribution in [0.15, 0.2) is 158 Å². The summed E-state index contributed by atoms with van der Waals surface area (Å²) in [5.74, 6) is 0. The summed E-state index contributed by atoms with van der Waals surface area (Å²) in [7, 11) is 0. The van der Waals surface area contributed by atoms with Gasteiger partial charge in [-0.1, -0.05) is 121 Å². The van der Waals surface area contributed by atoms with Gasteiger partial charge in [0.1, 0.15) is 5.65 Å². The van der Waals surface area contributed by atoms with Crippen molar-refractivity contribution < 1.29 is 0 Å². The van der Waals surface area contributed by atoms with Crippen LogP contribution >= 0.6 is 0 Å². The summed E-state index contributed by atoms with van der Waals surface area (Å²) in [6.07, 6.45) is 0. The number of imidazole rings is 1. The maximum absolute atomic E-state index is 5.09. The van der Waals surface area contributed by atoms with E-state index < -0.39 is 0 Å². The number of hydrogen-bond donors (Lipinski definition) is 0. The summed E-state index contributed by atoms with van der Waals surface area (Å²) < 4.78 is 2.31. The maximum Gasteiger partial charge on any atom is 0.146 e. The molecule has 216 valence electrons. The Morgan fingerprint density at radius 1 is 0.362 bits per heavy atom. The van der Waals surface area contributed by atoms with E-state index in [1.54, 1.807) is 0 Å². The SMILES string of the molecule is c1cc(-c2ccc3c(c2)c2ccccc2n2c4ccccc4nc32)cc(-c2ccc3c4cccc5cccc(c6cccc2c63)c54)c1. The van der Waals surface area contributed by atoms with Crippen LogP contribution in [0.3, 0.4) is 0 Å². The van der Waals surface area contributed by atoms with Crippen molar-refractivity contribution in [1.82, 2.24) is 9.38 Å². The van der Waals surface area contributed by atoms with Crippen molar-refractivity contribution in [3.05, 3.63) is 158 Å². The van der Waals surface area contributed by atoms with Crippen molar-refractivity contribution in [2.24, 2.45) is 0 Å². The van der Waals surface area contributed by atoms with Gasteiger partial charge >= 0.3 is 0 Å². The van der Waals surface area contributed by atoms with E-state index in [0.29, 0.717) is 0 Å². The summed E-state index contributed by atoms with van der Waals surface area (Å²) in [6, 6.07) is 57.8. The lowest BCUT2D eigenvalue weighted by Gasteiger charge is -2.17. The third-order valence-electron chi connectivity index (χ3n) is 10.3. The van der Waals surface area contributed by atoms with Gasteiger partial charge in [0.05, 0.1) is 16.6 Å². The van der Waals surface area contributed by atoms with E-state index in [2.05, 4.69) is 162 Å². The molecule has 0 bridgehead atoms. The first-order valence-corrected chi connectivity index (χ1v) is 16.2. The molecule has 0 aliphatic carbocycles. The van der Waals surface area contributed by atoms with Gasteiger partial charge in [0.2, 0.25) is 0 Å².